The Morgan fingerprint density at radius 2 is 1.94 bits per heavy atom. The lowest BCUT2D eigenvalue weighted by atomic mass is 10.1. The van der Waals surface area contributed by atoms with Crippen molar-refractivity contribution in [3.05, 3.63) is 64.7 Å². The summed E-state index contributed by atoms with van der Waals surface area (Å²) in [4.78, 5) is 42.7. The van der Waals surface area contributed by atoms with E-state index in [4.69, 9.17) is 9.47 Å². The predicted octanol–water partition coefficient (Wildman–Crippen LogP) is 4.54. The van der Waals surface area contributed by atoms with Gasteiger partial charge < -0.3 is 20.1 Å². The smallest absolute Gasteiger partial charge is 0.408 e. The molecule has 2 N–H and O–H groups in total. The average Bonchev–Trinajstić information content (AvgIpc) is 3.62. The summed E-state index contributed by atoms with van der Waals surface area (Å²) in [6.45, 7) is 2.17. The van der Waals surface area contributed by atoms with Crippen molar-refractivity contribution in [1.29, 1.82) is 0 Å². The van der Waals surface area contributed by atoms with Gasteiger partial charge in [0.05, 0.1) is 21.7 Å². The van der Waals surface area contributed by atoms with Gasteiger partial charge in [-0.15, -0.1) is 11.3 Å². The van der Waals surface area contributed by atoms with Gasteiger partial charge in [0.2, 0.25) is 0 Å². The molecule has 1 fully saturated rings. The number of amides is 2. The van der Waals surface area contributed by atoms with Gasteiger partial charge in [0.1, 0.15) is 12.6 Å². The van der Waals surface area contributed by atoms with Crippen LogP contribution in [0.3, 0.4) is 0 Å². The molecule has 0 aliphatic heterocycles. The molecule has 0 bridgehead atoms. The molecule has 1 atom stereocenters. The minimum atomic E-state index is -1.08. The molecule has 2 heterocycles. The Labute approximate surface area is 208 Å². The van der Waals surface area contributed by atoms with E-state index in [-0.39, 0.29) is 25.7 Å². The summed E-state index contributed by atoms with van der Waals surface area (Å²) >= 11 is 1.39. The molecule has 184 valence electrons. The van der Waals surface area contributed by atoms with E-state index in [2.05, 4.69) is 15.6 Å². The molecule has 1 aromatic carbocycles. The van der Waals surface area contributed by atoms with Gasteiger partial charge in [-0.25, -0.2) is 9.59 Å². The molecule has 0 saturated heterocycles. The van der Waals surface area contributed by atoms with Gasteiger partial charge in [0.15, 0.2) is 0 Å². The Bertz CT molecular complexity index is 1180. The van der Waals surface area contributed by atoms with Crippen LogP contribution in [0.5, 0.6) is 0 Å². The van der Waals surface area contributed by atoms with E-state index in [0.717, 1.165) is 35.0 Å². The van der Waals surface area contributed by atoms with Gasteiger partial charge in [-0.05, 0) is 48.4 Å². The lowest BCUT2D eigenvalue weighted by molar-refractivity contribution is -0.146. The number of carbonyl (C=O) groups is 3. The first-order valence-corrected chi connectivity index (χ1v) is 12.7. The predicted molar refractivity (Wildman–Crippen MR) is 133 cm³/mol. The summed E-state index contributed by atoms with van der Waals surface area (Å²) in [6, 6.07) is 11.9. The van der Waals surface area contributed by atoms with Crippen LogP contribution >= 0.6 is 11.3 Å². The van der Waals surface area contributed by atoms with Gasteiger partial charge >= 0.3 is 12.1 Å². The second kappa shape index (κ2) is 11.8. The van der Waals surface area contributed by atoms with Crippen molar-refractivity contribution in [1.82, 2.24) is 15.6 Å². The van der Waals surface area contributed by atoms with Gasteiger partial charge in [-0.2, -0.15) is 0 Å². The Morgan fingerprint density at radius 1 is 1.14 bits per heavy atom. The zero-order valence-electron chi connectivity index (χ0n) is 19.6. The standard InChI is InChI=1S/C26H29N3O5S/c1-2-3-13-33-25(31)21(29-26(32)34-16-17-7-5-4-6-8-17)15-28-24(30)22-14-20-23(35-22)19(11-12-27-20)18-9-10-18/h4-8,11-12,14,18,21H,2-3,9-10,13,15-16H2,1H3,(H,28,30)(H,29,32)/t21-/m1/s1. The summed E-state index contributed by atoms with van der Waals surface area (Å²) in [5.74, 6) is -0.409. The molecule has 0 radical (unpaired) electrons. The highest BCUT2D eigenvalue weighted by atomic mass is 32.1. The van der Waals surface area contributed by atoms with E-state index in [1.807, 2.05) is 43.3 Å². The molecular formula is C26H29N3O5S. The zero-order valence-corrected chi connectivity index (χ0v) is 20.4. The van der Waals surface area contributed by atoms with E-state index in [0.29, 0.717) is 17.2 Å². The number of nitrogens with zero attached hydrogens (tertiary/aromatic N) is 1. The van der Waals surface area contributed by atoms with Crippen molar-refractivity contribution in [3.63, 3.8) is 0 Å². The third kappa shape index (κ3) is 6.79. The molecule has 0 spiro atoms. The number of rotatable bonds is 11. The van der Waals surface area contributed by atoms with Gasteiger partial charge in [0, 0.05) is 12.7 Å². The second-order valence-electron chi connectivity index (χ2n) is 8.49. The van der Waals surface area contributed by atoms with Crippen LogP contribution in [-0.4, -0.2) is 42.1 Å². The second-order valence-corrected chi connectivity index (χ2v) is 9.54. The molecule has 1 aliphatic carbocycles. The van der Waals surface area contributed by atoms with Crippen molar-refractivity contribution in [3.8, 4) is 0 Å². The summed E-state index contributed by atoms with van der Waals surface area (Å²) in [5.41, 5.74) is 2.85. The number of carbonyl (C=O) groups excluding carboxylic acids is 3. The maximum absolute atomic E-state index is 12.9. The third-order valence-corrected chi connectivity index (χ3v) is 6.85. The lowest BCUT2D eigenvalue weighted by Gasteiger charge is -2.18. The fourth-order valence-electron chi connectivity index (χ4n) is 3.59. The Kier molecular flexibility index (Phi) is 8.31. The number of aromatic nitrogens is 1. The van der Waals surface area contributed by atoms with Crippen molar-refractivity contribution in [2.45, 2.75) is 51.2 Å². The van der Waals surface area contributed by atoms with E-state index in [1.54, 1.807) is 12.3 Å². The fourth-order valence-corrected chi connectivity index (χ4v) is 4.71. The first-order valence-electron chi connectivity index (χ1n) is 11.9. The first kappa shape index (κ1) is 24.7. The maximum atomic E-state index is 12.9. The van der Waals surface area contributed by atoms with Crippen LogP contribution in [0.2, 0.25) is 0 Å². The number of unbranched alkanes of at least 4 members (excludes halogenated alkanes) is 1. The molecule has 0 unspecified atom stereocenters. The number of hydrogen-bond donors (Lipinski definition) is 2. The molecule has 1 saturated carbocycles. The molecular weight excluding hydrogens is 466 g/mol. The normalized spacial score (nSPS) is 13.7. The first-order chi connectivity index (χ1) is 17.0. The van der Waals surface area contributed by atoms with Crippen LogP contribution in [0, 0.1) is 0 Å². The highest BCUT2D eigenvalue weighted by Crippen LogP contribution is 2.44. The monoisotopic (exact) mass is 495 g/mol. The quantitative estimate of drug-likeness (QED) is 0.299. The number of thiophene rings is 1. The van der Waals surface area contributed by atoms with Crippen LogP contribution in [0.4, 0.5) is 4.79 Å². The number of esters is 1. The minimum Gasteiger partial charge on any atom is -0.464 e. The Morgan fingerprint density at radius 3 is 2.69 bits per heavy atom. The highest BCUT2D eigenvalue weighted by Gasteiger charge is 2.28. The van der Waals surface area contributed by atoms with E-state index in [1.165, 1.54) is 16.9 Å². The molecule has 2 aromatic heterocycles. The van der Waals surface area contributed by atoms with Crippen LogP contribution in [0.15, 0.2) is 48.7 Å². The number of alkyl carbamates (subject to hydrolysis) is 1. The molecule has 9 heteroatoms. The largest absolute Gasteiger partial charge is 0.464 e. The average molecular weight is 496 g/mol. The summed E-state index contributed by atoms with van der Waals surface area (Å²) in [7, 11) is 0. The summed E-state index contributed by atoms with van der Waals surface area (Å²) in [5, 5.41) is 5.27. The van der Waals surface area contributed by atoms with Crippen molar-refractivity contribution in [2.75, 3.05) is 13.2 Å². The number of hydrogen-bond acceptors (Lipinski definition) is 7. The number of nitrogens with one attached hydrogen (secondary N) is 2. The van der Waals surface area contributed by atoms with Gasteiger partial charge in [-0.3, -0.25) is 9.78 Å². The molecule has 2 amide bonds. The van der Waals surface area contributed by atoms with Crippen LogP contribution in [-0.2, 0) is 20.9 Å². The third-order valence-electron chi connectivity index (χ3n) is 5.68. The van der Waals surface area contributed by atoms with Gasteiger partial charge in [0.25, 0.3) is 5.91 Å². The fraction of sp³-hybridized carbons (Fsp3) is 0.385. The van der Waals surface area contributed by atoms with Gasteiger partial charge in [-0.1, -0.05) is 43.7 Å². The SMILES string of the molecule is CCCCOC(=O)[C@@H](CNC(=O)c1cc2nccc(C3CC3)c2s1)NC(=O)OCc1ccccc1. The topological polar surface area (TPSA) is 107 Å². The molecule has 8 nitrogen and oxygen atoms in total. The van der Waals surface area contributed by atoms with Crippen LogP contribution < -0.4 is 10.6 Å². The molecule has 3 aromatic rings. The highest BCUT2D eigenvalue weighted by molar-refractivity contribution is 7.21. The molecule has 35 heavy (non-hydrogen) atoms. The molecule has 1 aliphatic rings. The number of benzene rings is 1. The van der Waals surface area contributed by atoms with E-state index >= 15 is 0 Å². The van der Waals surface area contributed by atoms with Crippen LogP contribution in [0.25, 0.3) is 10.2 Å². The number of ether oxygens (including phenoxy) is 2. The summed E-state index contributed by atoms with van der Waals surface area (Å²) in [6.07, 6.45) is 4.91. The molecule has 4 rings (SSSR count). The van der Waals surface area contributed by atoms with Crippen molar-refractivity contribution < 1.29 is 23.9 Å². The van der Waals surface area contributed by atoms with E-state index in [9.17, 15) is 14.4 Å². The Hall–Kier alpha value is -3.46. The number of fused-ring (bicyclic) bond motifs is 1. The summed E-state index contributed by atoms with van der Waals surface area (Å²) < 4.78 is 11.5. The zero-order chi connectivity index (χ0) is 24.6. The van der Waals surface area contributed by atoms with Crippen LogP contribution in [0.1, 0.15) is 59.3 Å². The van der Waals surface area contributed by atoms with Crippen molar-refractivity contribution >= 4 is 39.5 Å². The lowest BCUT2D eigenvalue weighted by Crippen LogP contribution is -2.49. The minimum absolute atomic E-state index is 0.0642. The number of pyridine rings is 1. The van der Waals surface area contributed by atoms with E-state index < -0.39 is 18.1 Å². The Balaban J connectivity index is 1.38. The maximum Gasteiger partial charge on any atom is 0.408 e. The van der Waals surface area contributed by atoms with Crippen molar-refractivity contribution in [2.24, 2.45) is 0 Å².